The Hall–Kier alpha value is -2.82. The number of piperazine rings is 1. The molecule has 0 radical (unpaired) electrons. The van der Waals surface area contributed by atoms with Crippen molar-refractivity contribution in [2.45, 2.75) is 47.1 Å². The minimum Gasteiger partial charge on any atom is -0.454 e. The molecule has 0 spiro atoms. The summed E-state index contributed by atoms with van der Waals surface area (Å²) in [7, 11) is 0. The predicted molar refractivity (Wildman–Crippen MR) is 121 cm³/mol. The van der Waals surface area contributed by atoms with Crippen molar-refractivity contribution in [1.29, 1.82) is 0 Å². The number of benzene rings is 2. The highest BCUT2D eigenvalue weighted by atomic mass is 16.5. The van der Waals surface area contributed by atoms with Gasteiger partial charge in [0.15, 0.2) is 5.75 Å². The van der Waals surface area contributed by atoms with Gasteiger partial charge in [-0.3, -0.25) is 4.79 Å². The number of carbonyl (C=O) groups excluding carboxylic acids is 1. The van der Waals surface area contributed by atoms with Crippen LogP contribution >= 0.6 is 0 Å². The number of aliphatic imine (C=N–C) groups is 1. The second-order valence-corrected chi connectivity index (χ2v) is 9.62. The Morgan fingerprint density at radius 2 is 1.90 bits per heavy atom. The first-order valence-corrected chi connectivity index (χ1v) is 10.7. The van der Waals surface area contributed by atoms with Crippen LogP contribution in [0, 0.1) is 12.3 Å². The Morgan fingerprint density at radius 1 is 1.13 bits per heavy atom. The number of para-hydroxylation sites is 1. The average molecular weight is 406 g/mol. The van der Waals surface area contributed by atoms with Gasteiger partial charge >= 0.3 is 0 Å². The molecule has 0 N–H and O–H groups in total. The highest BCUT2D eigenvalue weighted by molar-refractivity contribution is 6.03. The van der Waals surface area contributed by atoms with Gasteiger partial charge in [0.05, 0.1) is 5.56 Å². The maximum atomic E-state index is 12.8. The van der Waals surface area contributed by atoms with Crippen LogP contribution in [0.1, 0.15) is 45.2 Å². The van der Waals surface area contributed by atoms with Crippen molar-refractivity contribution in [3.63, 3.8) is 0 Å². The molecule has 1 fully saturated rings. The molecular formula is C25H31N3O2. The summed E-state index contributed by atoms with van der Waals surface area (Å²) in [6, 6.07) is 14.3. The summed E-state index contributed by atoms with van der Waals surface area (Å²) in [5.41, 5.74) is 2.97. The summed E-state index contributed by atoms with van der Waals surface area (Å²) in [6.07, 6.45) is 0.571. The van der Waals surface area contributed by atoms with Crippen LogP contribution in [0.15, 0.2) is 47.5 Å². The third-order valence-corrected chi connectivity index (χ3v) is 5.62. The highest BCUT2D eigenvalue weighted by Crippen LogP contribution is 2.39. The topological polar surface area (TPSA) is 45.1 Å². The lowest BCUT2D eigenvalue weighted by Gasteiger charge is -2.42. The molecule has 30 heavy (non-hydrogen) atoms. The molecule has 0 saturated carbocycles. The van der Waals surface area contributed by atoms with E-state index < -0.39 is 0 Å². The molecule has 2 aliphatic rings. The zero-order valence-corrected chi connectivity index (χ0v) is 18.6. The van der Waals surface area contributed by atoms with E-state index in [9.17, 15) is 4.79 Å². The zero-order chi connectivity index (χ0) is 21.5. The molecule has 5 nitrogen and oxygen atoms in total. The quantitative estimate of drug-likeness (QED) is 0.659. The summed E-state index contributed by atoms with van der Waals surface area (Å²) in [5.74, 6) is 2.76. The number of aryl methyl sites for hydroxylation is 1. The van der Waals surface area contributed by atoms with Crippen molar-refractivity contribution in [1.82, 2.24) is 9.80 Å². The van der Waals surface area contributed by atoms with Crippen LogP contribution in [0.3, 0.4) is 0 Å². The third kappa shape index (κ3) is 4.20. The van der Waals surface area contributed by atoms with E-state index >= 15 is 0 Å². The van der Waals surface area contributed by atoms with Gasteiger partial charge in [-0.25, -0.2) is 4.99 Å². The van der Waals surface area contributed by atoms with E-state index in [1.807, 2.05) is 35.2 Å². The van der Waals surface area contributed by atoms with Crippen molar-refractivity contribution in [3.05, 3.63) is 53.6 Å². The predicted octanol–water partition coefficient (Wildman–Crippen LogP) is 5.15. The number of hydrogen-bond donors (Lipinski definition) is 0. The van der Waals surface area contributed by atoms with Gasteiger partial charge in [-0.2, -0.15) is 0 Å². The fourth-order valence-electron chi connectivity index (χ4n) is 4.15. The number of rotatable bonds is 1. The molecule has 1 unspecified atom stereocenters. The summed E-state index contributed by atoms with van der Waals surface area (Å²) in [6.45, 7) is 12.7. The van der Waals surface area contributed by atoms with Crippen molar-refractivity contribution in [2.24, 2.45) is 10.4 Å². The fourth-order valence-corrected chi connectivity index (χ4v) is 4.15. The van der Waals surface area contributed by atoms with Gasteiger partial charge < -0.3 is 14.5 Å². The molecule has 2 heterocycles. The molecule has 1 saturated heterocycles. The molecule has 4 rings (SSSR count). The van der Waals surface area contributed by atoms with Gasteiger partial charge in [0.25, 0.3) is 0 Å². The second kappa shape index (κ2) is 7.78. The van der Waals surface area contributed by atoms with Crippen LogP contribution in [0.4, 0.5) is 5.69 Å². The Labute approximate surface area is 179 Å². The van der Waals surface area contributed by atoms with Crippen LogP contribution in [0.25, 0.3) is 0 Å². The lowest BCUT2D eigenvalue weighted by atomic mass is 9.91. The van der Waals surface area contributed by atoms with Gasteiger partial charge in [0.2, 0.25) is 5.91 Å². The maximum absolute atomic E-state index is 12.8. The number of carbonyl (C=O) groups is 1. The third-order valence-electron chi connectivity index (χ3n) is 5.62. The number of hydrogen-bond acceptors (Lipinski definition) is 4. The summed E-state index contributed by atoms with van der Waals surface area (Å²) in [4.78, 5) is 22.2. The molecule has 158 valence electrons. The Balaban J connectivity index is 1.63. The number of amidine groups is 1. The molecule has 0 aromatic heterocycles. The van der Waals surface area contributed by atoms with Crippen molar-refractivity contribution in [3.8, 4) is 11.5 Å². The first-order valence-electron chi connectivity index (χ1n) is 10.7. The van der Waals surface area contributed by atoms with Gasteiger partial charge in [-0.05, 0) is 49.1 Å². The van der Waals surface area contributed by atoms with E-state index in [0.717, 1.165) is 47.2 Å². The molecule has 2 aromatic rings. The summed E-state index contributed by atoms with van der Waals surface area (Å²) < 4.78 is 6.24. The number of ether oxygens (including phenoxy) is 1. The standard InChI is InChI=1S/C25H31N3O2/c1-17-10-11-20-22(14-17)30-21-9-7-6-8-19(21)24(26-20)27-12-13-28(18(2)16-27)23(29)15-25(3,4)5/h6-11,14,18H,12-13,15-16H2,1-5H3. The Bertz CT molecular complexity index is 990. The zero-order valence-electron chi connectivity index (χ0n) is 18.6. The Morgan fingerprint density at radius 3 is 2.63 bits per heavy atom. The minimum atomic E-state index is -0.00255. The summed E-state index contributed by atoms with van der Waals surface area (Å²) >= 11 is 0. The Kier molecular flexibility index (Phi) is 5.31. The molecule has 0 aliphatic carbocycles. The largest absolute Gasteiger partial charge is 0.454 e. The lowest BCUT2D eigenvalue weighted by molar-refractivity contribution is -0.136. The van der Waals surface area contributed by atoms with E-state index in [1.165, 1.54) is 0 Å². The van der Waals surface area contributed by atoms with Gasteiger partial charge in [0, 0.05) is 32.1 Å². The molecule has 0 bridgehead atoms. The number of nitrogens with zero attached hydrogens (tertiary/aromatic N) is 3. The van der Waals surface area contributed by atoms with Gasteiger partial charge in [-0.1, -0.05) is 39.0 Å². The molecule has 2 aromatic carbocycles. The smallest absolute Gasteiger partial charge is 0.223 e. The van der Waals surface area contributed by atoms with Crippen LogP contribution < -0.4 is 4.74 Å². The normalized spacial score (nSPS) is 18.7. The van der Waals surface area contributed by atoms with Crippen LogP contribution in [0.5, 0.6) is 11.5 Å². The van der Waals surface area contributed by atoms with Crippen molar-refractivity contribution < 1.29 is 9.53 Å². The highest BCUT2D eigenvalue weighted by Gasteiger charge is 2.32. The van der Waals surface area contributed by atoms with Crippen molar-refractivity contribution in [2.75, 3.05) is 19.6 Å². The molecule has 5 heteroatoms. The lowest BCUT2D eigenvalue weighted by Crippen LogP contribution is -2.56. The SMILES string of the molecule is Cc1ccc2c(c1)Oc1ccccc1C(N1CCN(C(=O)CC(C)(C)C)C(C)C1)=N2. The molecule has 2 aliphatic heterocycles. The first-order chi connectivity index (χ1) is 14.2. The maximum Gasteiger partial charge on any atom is 0.223 e. The van der Waals surface area contributed by atoms with Gasteiger partial charge in [0.1, 0.15) is 17.3 Å². The molecule has 1 amide bonds. The summed E-state index contributed by atoms with van der Waals surface area (Å²) in [5, 5.41) is 0. The van der Waals surface area contributed by atoms with Gasteiger partial charge in [-0.15, -0.1) is 0 Å². The average Bonchev–Trinajstić information content (AvgIpc) is 2.82. The van der Waals surface area contributed by atoms with Crippen LogP contribution in [-0.4, -0.2) is 47.2 Å². The monoisotopic (exact) mass is 405 g/mol. The van der Waals surface area contributed by atoms with E-state index in [0.29, 0.717) is 13.0 Å². The second-order valence-electron chi connectivity index (χ2n) is 9.62. The van der Waals surface area contributed by atoms with E-state index in [4.69, 9.17) is 9.73 Å². The van der Waals surface area contributed by atoms with Crippen LogP contribution in [-0.2, 0) is 4.79 Å². The van der Waals surface area contributed by atoms with Crippen LogP contribution in [0.2, 0.25) is 0 Å². The molecular weight excluding hydrogens is 374 g/mol. The van der Waals surface area contributed by atoms with Crippen molar-refractivity contribution >= 4 is 17.4 Å². The minimum absolute atomic E-state index is 0.00255. The first kappa shape index (κ1) is 20.5. The number of fused-ring (bicyclic) bond motifs is 2. The molecule has 1 atom stereocenters. The fraction of sp³-hybridized carbons (Fsp3) is 0.440. The van der Waals surface area contributed by atoms with E-state index in [-0.39, 0.29) is 17.4 Å². The number of amides is 1. The van der Waals surface area contributed by atoms with E-state index in [2.05, 4.69) is 51.7 Å². The van der Waals surface area contributed by atoms with E-state index in [1.54, 1.807) is 0 Å².